The Morgan fingerprint density at radius 1 is 1.53 bits per heavy atom. The third-order valence-corrected chi connectivity index (χ3v) is 4.13. The number of hydrogen-bond donors (Lipinski definition) is 1. The highest BCUT2D eigenvalue weighted by Gasteiger charge is 2.17. The van der Waals surface area contributed by atoms with Crippen LogP contribution in [-0.4, -0.2) is 36.6 Å². The minimum Gasteiger partial charge on any atom is -0.369 e. The molecule has 1 saturated heterocycles. The van der Waals surface area contributed by atoms with E-state index in [0.29, 0.717) is 0 Å². The van der Waals surface area contributed by atoms with E-state index >= 15 is 0 Å². The molecule has 0 saturated carbocycles. The van der Waals surface area contributed by atoms with Crippen LogP contribution >= 0.6 is 31.9 Å². The molecule has 1 unspecified atom stereocenters. The lowest BCUT2D eigenvalue weighted by Gasteiger charge is -2.29. The normalized spacial score (nSPS) is 21.5. The van der Waals surface area contributed by atoms with Crippen molar-refractivity contribution < 1.29 is 0 Å². The molecule has 2 rings (SSSR count). The molecule has 0 spiro atoms. The van der Waals surface area contributed by atoms with Crippen molar-refractivity contribution in [2.75, 3.05) is 32.0 Å². The van der Waals surface area contributed by atoms with E-state index in [1.165, 1.54) is 25.9 Å². The second-order valence-corrected chi connectivity index (χ2v) is 6.41. The first-order valence-electron chi connectivity index (χ1n) is 5.88. The quantitative estimate of drug-likeness (QED) is 0.893. The molecule has 0 aliphatic carbocycles. The Kier molecular flexibility index (Phi) is 4.82. The van der Waals surface area contributed by atoms with E-state index in [1.807, 2.05) is 12.3 Å². The summed E-state index contributed by atoms with van der Waals surface area (Å²) in [5.41, 5.74) is 0. The Hall–Kier alpha value is -0.130. The van der Waals surface area contributed by atoms with E-state index in [2.05, 4.69) is 54.1 Å². The molecule has 0 aromatic carbocycles. The predicted octanol–water partition coefficient (Wildman–Crippen LogP) is 3.36. The molecule has 2 heterocycles. The minimum atomic E-state index is 0.728. The van der Waals surface area contributed by atoms with E-state index in [9.17, 15) is 0 Å². The summed E-state index contributed by atoms with van der Waals surface area (Å²) in [5, 5.41) is 3.42. The lowest BCUT2D eigenvalue weighted by atomic mass is 9.98. The van der Waals surface area contributed by atoms with Gasteiger partial charge in [-0.05, 0) is 70.3 Å². The van der Waals surface area contributed by atoms with Crippen LogP contribution in [0.25, 0.3) is 0 Å². The zero-order chi connectivity index (χ0) is 12.3. The number of rotatable bonds is 3. The van der Waals surface area contributed by atoms with Gasteiger partial charge in [0.15, 0.2) is 0 Å². The van der Waals surface area contributed by atoms with Crippen LogP contribution in [0, 0.1) is 5.92 Å². The molecule has 1 aromatic heterocycles. The van der Waals surface area contributed by atoms with E-state index in [-0.39, 0.29) is 0 Å². The van der Waals surface area contributed by atoms with Crippen molar-refractivity contribution in [3.05, 3.63) is 21.2 Å². The fourth-order valence-electron chi connectivity index (χ4n) is 2.23. The van der Waals surface area contributed by atoms with Gasteiger partial charge in [0.25, 0.3) is 0 Å². The fraction of sp³-hybridized carbons (Fsp3) is 0.583. The zero-order valence-corrected chi connectivity index (χ0v) is 13.1. The predicted molar refractivity (Wildman–Crippen MR) is 78.3 cm³/mol. The molecule has 1 N–H and O–H groups in total. The molecule has 0 bridgehead atoms. The SMILES string of the molecule is CN1CCCC(CNc2ncc(Br)cc2Br)C1. The maximum atomic E-state index is 4.36. The molecule has 94 valence electrons. The van der Waals surface area contributed by atoms with Crippen LogP contribution in [0.2, 0.25) is 0 Å². The summed E-state index contributed by atoms with van der Waals surface area (Å²) < 4.78 is 2.00. The van der Waals surface area contributed by atoms with Gasteiger partial charge in [-0.25, -0.2) is 4.98 Å². The zero-order valence-electron chi connectivity index (χ0n) is 9.92. The number of pyridine rings is 1. The monoisotopic (exact) mass is 361 g/mol. The lowest BCUT2D eigenvalue weighted by Crippen LogP contribution is -2.35. The second kappa shape index (κ2) is 6.16. The fourth-order valence-corrected chi connectivity index (χ4v) is 3.35. The third-order valence-electron chi connectivity index (χ3n) is 3.09. The van der Waals surface area contributed by atoms with Gasteiger partial charge < -0.3 is 10.2 Å². The first-order chi connectivity index (χ1) is 8.15. The first kappa shape index (κ1) is 13.3. The summed E-state index contributed by atoms with van der Waals surface area (Å²) in [5.74, 6) is 1.66. The van der Waals surface area contributed by atoms with Gasteiger partial charge in [0, 0.05) is 23.8 Å². The Labute approximate surface area is 119 Å². The van der Waals surface area contributed by atoms with Crippen molar-refractivity contribution in [2.24, 2.45) is 5.92 Å². The molecular weight excluding hydrogens is 346 g/mol. The first-order valence-corrected chi connectivity index (χ1v) is 7.47. The van der Waals surface area contributed by atoms with Crippen LogP contribution in [0.3, 0.4) is 0 Å². The number of piperidine rings is 1. The van der Waals surface area contributed by atoms with Crippen LogP contribution in [0.5, 0.6) is 0 Å². The highest BCUT2D eigenvalue weighted by atomic mass is 79.9. The van der Waals surface area contributed by atoms with Crippen LogP contribution in [-0.2, 0) is 0 Å². The Morgan fingerprint density at radius 3 is 3.06 bits per heavy atom. The van der Waals surface area contributed by atoms with Gasteiger partial charge in [0.1, 0.15) is 5.82 Å². The molecule has 5 heteroatoms. The summed E-state index contributed by atoms with van der Waals surface area (Å²) in [6, 6.07) is 2.02. The summed E-state index contributed by atoms with van der Waals surface area (Å²) in [6.45, 7) is 3.41. The Balaban J connectivity index is 1.88. The van der Waals surface area contributed by atoms with Crippen molar-refractivity contribution in [3.8, 4) is 0 Å². The highest BCUT2D eigenvalue weighted by Crippen LogP contribution is 2.24. The number of aromatic nitrogens is 1. The van der Waals surface area contributed by atoms with Crippen LogP contribution in [0.1, 0.15) is 12.8 Å². The summed E-state index contributed by atoms with van der Waals surface area (Å²) in [7, 11) is 2.19. The Bertz CT molecular complexity index is 384. The van der Waals surface area contributed by atoms with Crippen molar-refractivity contribution in [3.63, 3.8) is 0 Å². The van der Waals surface area contributed by atoms with Crippen LogP contribution in [0.15, 0.2) is 21.2 Å². The molecule has 1 aliphatic rings. The smallest absolute Gasteiger partial charge is 0.140 e. The van der Waals surface area contributed by atoms with Gasteiger partial charge in [-0.2, -0.15) is 0 Å². The van der Waals surface area contributed by atoms with Crippen molar-refractivity contribution >= 4 is 37.7 Å². The van der Waals surface area contributed by atoms with Gasteiger partial charge in [0.2, 0.25) is 0 Å². The molecule has 0 radical (unpaired) electrons. The van der Waals surface area contributed by atoms with Crippen LogP contribution < -0.4 is 5.32 Å². The number of hydrogen-bond acceptors (Lipinski definition) is 3. The molecule has 1 atom stereocenters. The topological polar surface area (TPSA) is 28.2 Å². The van der Waals surface area contributed by atoms with Gasteiger partial charge >= 0.3 is 0 Å². The molecule has 3 nitrogen and oxygen atoms in total. The number of nitrogens with zero attached hydrogens (tertiary/aromatic N) is 2. The number of halogens is 2. The van der Waals surface area contributed by atoms with E-state index in [1.54, 1.807) is 0 Å². The highest BCUT2D eigenvalue weighted by molar-refractivity contribution is 9.11. The average Bonchev–Trinajstić information content (AvgIpc) is 2.28. The number of nitrogens with one attached hydrogen (secondary N) is 1. The summed E-state index contributed by atoms with van der Waals surface area (Å²) in [4.78, 5) is 6.77. The van der Waals surface area contributed by atoms with Gasteiger partial charge in [-0.3, -0.25) is 0 Å². The van der Waals surface area contributed by atoms with Crippen molar-refractivity contribution in [1.29, 1.82) is 0 Å². The number of likely N-dealkylation sites (tertiary alicyclic amines) is 1. The van der Waals surface area contributed by atoms with Crippen molar-refractivity contribution in [1.82, 2.24) is 9.88 Å². The Morgan fingerprint density at radius 2 is 2.35 bits per heavy atom. The van der Waals surface area contributed by atoms with Crippen molar-refractivity contribution in [2.45, 2.75) is 12.8 Å². The second-order valence-electron chi connectivity index (χ2n) is 4.64. The third kappa shape index (κ3) is 3.93. The van der Waals surface area contributed by atoms with Gasteiger partial charge in [-0.1, -0.05) is 0 Å². The number of anilines is 1. The largest absolute Gasteiger partial charge is 0.369 e. The van der Waals surface area contributed by atoms with Gasteiger partial charge in [0.05, 0.1) is 4.47 Å². The lowest BCUT2D eigenvalue weighted by molar-refractivity contribution is 0.217. The maximum Gasteiger partial charge on any atom is 0.140 e. The molecule has 1 fully saturated rings. The standard InChI is InChI=1S/C12H17Br2N3/c1-17-4-2-3-9(8-17)6-15-12-11(14)5-10(13)7-16-12/h5,7,9H,2-4,6,8H2,1H3,(H,15,16). The minimum absolute atomic E-state index is 0.728. The van der Waals surface area contributed by atoms with E-state index < -0.39 is 0 Å². The molecular formula is C12H17Br2N3. The molecule has 1 aliphatic heterocycles. The van der Waals surface area contributed by atoms with E-state index in [0.717, 1.165) is 27.2 Å². The average molecular weight is 363 g/mol. The molecule has 1 aromatic rings. The van der Waals surface area contributed by atoms with E-state index in [4.69, 9.17) is 0 Å². The molecule has 17 heavy (non-hydrogen) atoms. The van der Waals surface area contributed by atoms with Crippen LogP contribution in [0.4, 0.5) is 5.82 Å². The molecule has 0 amide bonds. The summed E-state index contributed by atoms with van der Waals surface area (Å²) in [6.07, 6.45) is 4.43. The maximum absolute atomic E-state index is 4.36. The van der Waals surface area contributed by atoms with Gasteiger partial charge in [-0.15, -0.1) is 0 Å². The summed E-state index contributed by atoms with van der Waals surface area (Å²) >= 11 is 6.92.